The van der Waals surface area contributed by atoms with Crippen LogP contribution in [0.15, 0.2) is 114 Å². The number of pyridine rings is 1. The van der Waals surface area contributed by atoms with Gasteiger partial charge in [0.15, 0.2) is 28.2 Å². The number of halogens is 5. The first-order chi connectivity index (χ1) is 27.9. The van der Waals surface area contributed by atoms with Gasteiger partial charge < -0.3 is 19.1 Å². The molecule has 1 aromatic heterocycles. The predicted molar refractivity (Wildman–Crippen MR) is 200 cm³/mol. The Labute approximate surface area is 330 Å². The number of hydrogen-bond donors (Lipinski definition) is 0. The van der Waals surface area contributed by atoms with Crippen LogP contribution in [-0.2, 0) is 48.8 Å². The van der Waals surface area contributed by atoms with Crippen molar-refractivity contribution < 1.29 is 54.2 Å². The first-order valence-electron chi connectivity index (χ1n) is 18.0. The molecule has 1 atom stereocenters. The summed E-state index contributed by atoms with van der Waals surface area (Å²) in [5, 5.41) is 0. The monoisotopic (exact) mass is 819 g/mol. The highest BCUT2D eigenvalue weighted by Crippen LogP contribution is 2.43. The maximum atomic E-state index is 15.1. The van der Waals surface area contributed by atoms with Crippen molar-refractivity contribution in [1.29, 1.82) is 0 Å². The summed E-state index contributed by atoms with van der Waals surface area (Å²) in [5.74, 6) is -14.4. The van der Waals surface area contributed by atoms with Gasteiger partial charge in [0.2, 0.25) is 11.5 Å². The fourth-order valence-electron chi connectivity index (χ4n) is 6.56. The fraction of sp³-hybridized carbons (Fsp3) is 0.214. The van der Waals surface area contributed by atoms with E-state index in [2.05, 4.69) is 4.98 Å². The first kappa shape index (κ1) is 40.4. The molecule has 1 fully saturated rings. The van der Waals surface area contributed by atoms with Crippen molar-refractivity contribution in [3.63, 3.8) is 0 Å². The number of nitrogens with zero attached hydrogens (tertiary/aromatic N) is 3. The van der Waals surface area contributed by atoms with Crippen LogP contribution in [0.25, 0.3) is 5.57 Å². The Hall–Kier alpha value is -5.81. The van der Waals surface area contributed by atoms with Crippen molar-refractivity contribution in [2.24, 2.45) is 0 Å². The Balaban J connectivity index is 1.27. The third kappa shape index (κ3) is 8.00. The standard InChI is InChI=1S/C42H34F5N3O7S/c43-34-35(44)37(46)39(38(47)36(34)45)58(53,54)50-20-19-42(50,57-26-28-9-5-2-6-10-28)41(52)49(24-29-11-16-33(48-23-29)30-17-21-55-22-18-30)32-14-12-31(13-15-32)40(51)56-25-27-7-3-1-4-8-27/h1-17,23H,18-22,24-26H2/t42-/m1/s1. The largest absolute Gasteiger partial charge is 0.457 e. The van der Waals surface area contributed by atoms with Crippen LogP contribution in [0.5, 0.6) is 0 Å². The van der Waals surface area contributed by atoms with Crippen molar-refractivity contribution in [1.82, 2.24) is 9.29 Å². The molecule has 16 heteroatoms. The normalized spacial score (nSPS) is 16.9. The van der Waals surface area contributed by atoms with Crippen molar-refractivity contribution in [2.45, 2.75) is 43.2 Å². The van der Waals surface area contributed by atoms with E-state index in [0.29, 0.717) is 40.8 Å². The van der Waals surface area contributed by atoms with Gasteiger partial charge in [-0.05, 0) is 59.0 Å². The number of anilines is 1. The van der Waals surface area contributed by atoms with Crippen molar-refractivity contribution in [3.05, 3.63) is 166 Å². The molecule has 300 valence electrons. The molecular weight excluding hydrogens is 786 g/mol. The number of benzene rings is 4. The maximum Gasteiger partial charge on any atom is 0.338 e. The first-order valence-corrected chi connectivity index (χ1v) is 19.4. The third-order valence-corrected chi connectivity index (χ3v) is 11.7. The van der Waals surface area contributed by atoms with Crippen LogP contribution in [0.2, 0.25) is 0 Å². The summed E-state index contributed by atoms with van der Waals surface area (Å²) in [4.78, 5) is 31.6. The molecule has 0 aliphatic carbocycles. The molecular formula is C42H34F5N3O7S. The summed E-state index contributed by atoms with van der Waals surface area (Å²) in [6.45, 7) is -0.316. The van der Waals surface area contributed by atoms with E-state index in [1.165, 1.54) is 30.5 Å². The SMILES string of the molecule is O=C(OCc1ccccc1)c1ccc(N(Cc2ccc(C3=CCOCC3)nc2)C(=O)[C@]2(OCc3ccccc3)CCN2S(=O)(=O)c2c(F)c(F)c(F)c(F)c2F)cc1. The molecule has 4 aromatic carbocycles. The molecule has 1 amide bonds. The minimum absolute atomic E-state index is 0.00637. The van der Waals surface area contributed by atoms with E-state index in [9.17, 15) is 26.4 Å². The Kier molecular flexibility index (Phi) is 11.8. The zero-order valence-electron chi connectivity index (χ0n) is 30.5. The zero-order valence-corrected chi connectivity index (χ0v) is 31.4. The molecule has 5 aromatic rings. The molecule has 3 heterocycles. The highest BCUT2D eigenvalue weighted by atomic mass is 32.2. The lowest BCUT2D eigenvalue weighted by Crippen LogP contribution is -2.70. The molecule has 0 saturated carbocycles. The molecule has 0 bridgehead atoms. The number of esters is 1. The van der Waals surface area contributed by atoms with Crippen molar-refractivity contribution >= 4 is 33.2 Å². The van der Waals surface area contributed by atoms with Gasteiger partial charge in [-0.2, -0.15) is 4.31 Å². The summed E-state index contributed by atoms with van der Waals surface area (Å²) >= 11 is 0. The second kappa shape index (κ2) is 17.0. The summed E-state index contributed by atoms with van der Waals surface area (Å²) in [7, 11) is -5.66. The lowest BCUT2D eigenvalue weighted by Gasteiger charge is -2.50. The minimum atomic E-state index is -5.66. The van der Waals surface area contributed by atoms with Gasteiger partial charge in [0.05, 0.1) is 37.6 Å². The number of ether oxygens (including phenoxy) is 3. The third-order valence-electron chi connectivity index (χ3n) is 9.76. The number of carbonyl (C=O) groups is 2. The highest BCUT2D eigenvalue weighted by Gasteiger charge is 2.61. The van der Waals surface area contributed by atoms with Gasteiger partial charge >= 0.3 is 5.97 Å². The Morgan fingerprint density at radius 2 is 1.40 bits per heavy atom. The van der Waals surface area contributed by atoms with Gasteiger partial charge in [0.1, 0.15) is 6.61 Å². The van der Waals surface area contributed by atoms with Crippen LogP contribution >= 0.6 is 0 Å². The van der Waals surface area contributed by atoms with E-state index in [1.54, 1.807) is 66.7 Å². The van der Waals surface area contributed by atoms with Crippen LogP contribution in [0.4, 0.5) is 27.6 Å². The van der Waals surface area contributed by atoms with Gasteiger partial charge in [0.25, 0.3) is 15.9 Å². The molecule has 1 saturated heterocycles. The molecule has 58 heavy (non-hydrogen) atoms. The maximum absolute atomic E-state index is 15.1. The number of rotatable bonds is 13. The highest BCUT2D eigenvalue weighted by molar-refractivity contribution is 7.89. The summed E-state index contributed by atoms with van der Waals surface area (Å²) < 4.78 is 118. The minimum Gasteiger partial charge on any atom is -0.457 e. The number of amides is 1. The molecule has 10 nitrogen and oxygen atoms in total. The summed E-state index contributed by atoms with van der Waals surface area (Å²) in [5.41, 5.74) is 1.01. The molecule has 0 radical (unpaired) electrons. The van der Waals surface area contributed by atoms with Gasteiger partial charge in [-0.3, -0.25) is 9.78 Å². The van der Waals surface area contributed by atoms with Gasteiger partial charge in [-0.1, -0.05) is 72.8 Å². The van der Waals surface area contributed by atoms with E-state index in [-0.39, 0.29) is 30.8 Å². The van der Waals surface area contributed by atoms with Gasteiger partial charge in [-0.25, -0.2) is 35.2 Å². The quantitative estimate of drug-likeness (QED) is 0.0520. The van der Waals surface area contributed by atoms with Crippen LogP contribution in [0, 0.1) is 29.1 Å². The summed E-state index contributed by atoms with van der Waals surface area (Å²) in [6, 6.07) is 26.3. The Morgan fingerprint density at radius 3 is 1.95 bits per heavy atom. The topological polar surface area (TPSA) is 115 Å². The number of sulfonamides is 1. The number of carbonyl (C=O) groups excluding carboxylic acids is 2. The molecule has 0 spiro atoms. The van der Waals surface area contributed by atoms with E-state index >= 15 is 13.6 Å². The zero-order chi connectivity index (χ0) is 41.0. The molecule has 7 rings (SSSR count). The lowest BCUT2D eigenvalue weighted by molar-refractivity contribution is -0.194. The fourth-order valence-corrected chi connectivity index (χ4v) is 8.36. The van der Waals surface area contributed by atoms with Gasteiger partial charge in [-0.15, -0.1) is 0 Å². The van der Waals surface area contributed by atoms with E-state index in [4.69, 9.17) is 14.2 Å². The van der Waals surface area contributed by atoms with Crippen LogP contribution in [-0.4, -0.2) is 55.1 Å². The molecule has 0 N–H and O–H groups in total. The number of hydrogen-bond acceptors (Lipinski definition) is 8. The second-order valence-corrected chi connectivity index (χ2v) is 15.2. The van der Waals surface area contributed by atoms with Crippen molar-refractivity contribution in [2.75, 3.05) is 24.7 Å². The van der Waals surface area contributed by atoms with Crippen LogP contribution < -0.4 is 4.90 Å². The second-order valence-electron chi connectivity index (χ2n) is 13.4. The Morgan fingerprint density at radius 1 is 0.776 bits per heavy atom. The lowest BCUT2D eigenvalue weighted by atomic mass is 9.98. The molecule has 0 unspecified atom stereocenters. The molecule has 2 aliphatic heterocycles. The van der Waals surface area contributed by atoms with Crippen LogP contribution in [0.1, 0.15) is 45.6 Å². The number of aromatic nitrogens is 1. The smallest absolute Gasteiger partial charge is 0.338 e. The Bertz CT molecular complexity index is 2430. The van der Waals surface area contributed by atoms with E-state index in [0.717, 1.165) is 16.0 Å². The summed E-state index contributed by atoms with van der Waals surface area (Å²) in [6.07, 6.45) is 3.67. The predicted octanol–water partition coefficient (Wildman–Crippen LogP) is 7.48. The van der Waals surface area contributed by atoms with Gasteiger partial charge in [0, 0.05) is 24.8 Å². The van der Waals surface area contributed by atoms with E-state index in [1.807, 2.05) is 12.1 Å². The average Bonchev–Trinajstić information content (AvgIpc) is 3.24. The van der Waals surface area contributed by atoms with Crippen LogP contribution in [0.3, 0.4) is 0 Å². The average molecular weight is 820 g/mol. The molecule has 2 aliphatic rings. The van der Waals surface area contributed by atoms with Crippen molar-refractivity contribution in [3.8, 4) is 0 Å². The van der Waals surface area contributed by atoms with E-state index < -0.39 is 74.8 Å².